The quantitative estimate of drug-likeness (QED) is 0.452. The number of hydrogen-bond acceptors (Lipinski definition) is 0. The molecule has 0 saturated carbocycles. The molecule has 0 atom stereocenters. The Morgan fingerprint density at radius 2 is 1.50 bits per heavy atom. The van der Waals surface area contributed by atoms with Gasteiger partial charge in [0, 0.05) is 25.8 Å². The number of allylic oxidation sites excluding steroid dienone is 4. The minimum atomic E-state index is 0. The Morgan fingerprint density at radius 3 is 1.71 bits per heavy atom. The molecule has 0 aromatic rings. The molecule has 0 aliphatic heterocycles. The van der Waals surface area contributed by atoms with Gasteiger partial charge in [-0.3, -0.25) is 0 Å². The van der Waals surface area contributed by atoms with Gasteiger partial charge in [0.15, 0.2) is 0 Å². The van der Waals surface area contributed by atoms with Crippen LogP contribution in [0.15, 0.2) is 17.2 Å². The van der Waals surface area contributed by atoms with Crippen LogP contribution in [0.4, 0.5) is 0 Å². The first-order valence-corrected chi connectivity index (χ1v) is 5.05. The van der Waals surface area contributed by atoms with Crippen LogP contribution in [0.1, 0.15) is 48.0 Å². The maximum Gasteiger partial charge on any atom is 0 e. The first-order chi connectivity index (χ1) is 5.71. The summed E-state index contributed by atoms with van der Waals surface area (Å²) in [6, 6.07) is 0. The van der Waals surface area contributed by atoms with E-state index in [0.717, 1.165) is 6.42 Å². The molecule has 14 heavy (non-hydrogen) atoms. The van der Waals surface area contributed by atoms with Gasteiger partial charge in [-0.05, 0) is 10.8 Å². The second kappa shape index (κ2) is 4.47. The SMILES string of the molecule is CC(C)(C)C1=[C-]C(C(C)(C)C)=CC1.[Hf]. The summed E-state index contributed by atoms with van der Waals surface area (Å²) in [5.74, 6) is 0. The van der Waals surface area contributed by atoms with Gasteiger partial charge in [0.1, 0.15) is 0 Å². The molecule has 78 valence electrons. The molecule has 0 aromatic carbocycles. The molecule has 0 fully saturated rings. The smallest absolute Gasteiger partial charge is 0 e. The zero-order valence-electron chi connectivity index (χ0n) is 10.3. The van der Waals surface area contributed by atoms with Crippen LogP contribution in [0, 0.1) is 16.9 Å². The summed E-state index contributed by atoms with van der Waals surface area (Å²) in [6.45, 7) is 13.5. The Labute approximate surface area is 108 Å². The van der Waals surface area contributed by atoms with Crippen molar-refractivity contribution in [1.82, 2.24) is 0 Å². The van der Waals surface area contributed by atoms with Crippen LogP contribution in [0.3, 0.4) is 0 Å². The fourth-order valence-corrected chi connectivity index (χ4v) is 1.46. The minimum Gasteiger partial charge on any atom is -0.248 e. The summed E-state index contributed by atoms with van der Waals surface area (Å²) in [6.07, 6.45) is 6.96. The molecular formula is C13H21Hf-. The summed E-state index contributed by atoms with van der Waals surface area (Å²) in [7, 11) is 0. The van der Waals surface area contributed by atoms with Gasteiger partial charge in [0.2, 0.25) is 0 Å². The van der Waals surface area contributed by atoms with Gasteiger partial charge < -0.3 is 0 Å². The largest absolute Gasteiger partial charge is 0.248 e. The molecule has 0 N–H and O–H groups in total. The van der Waals surface area contributed by atoms with Gasteiger partial charge in [-0.15, -0.1) is 0 Å². The maximum absolute atomic E-state index is 3.55. The van der Waals surface area contributed by atoms with E-state index in [9.17, 15) is 0 Å². The molecule has 0 aromatic heterocycles. The second-order valence-corrected chi connectivity index (χ2v) is 5.93. The predicted octanol–water partition coefficient (Wildman–Crippen LogP) is 4.14. The van der Waals surface area contributed by atoms with Crippen LogP contribution in [-0.2, 0) is 25.8 Å². The maximum atomic E-state index is 3.55. The van der Waals surface area contributed by atoms with Crippen LogP contribution < -0.4 is 0 Å². The third-order valence-electron chi connectivity index (χ3n) is 2.51. The third-order valence-corrected chi connectivity index (χ3v) is 2.51. The van der Waals surface area contributed by atoms with Crippen LogP contribution in [0.5, 0.6) is 0 Å². The molecule has 0 radical (unpaired) electrons. The molecule has 1 aliphatic carbocycles. The van der Waals surface area contributed by atoms with Crippen molar-refractivity contribution in [2.45, 2.75) is 48.0 Å². The van der Waals surface area contributed by atoms with Crippen molar-refractivity contribution in [3.8, 4) is 0 Å². The first kappa shape index (κ1) is 14.4. The van der Waals surface area contributed by atoms with E-state index in [1.54, 1.807) is 0 Å². The summed E-state index contributed by atoms with van der Waals surface area (Å²) in [5.41, 5.74) is 3.35. The minimum absolute atomic E-state index is 0. The molecule has 1 aliphatic rings. The molecule has 0 unspecified atom stereocenters. The molecule has 1 rings (SSSR count). The van der Waals surface area contributed by atoms with E-state index in [2.05, 4.69) is 53.7 Å². The van der Waals surface area contributed by atoms with Crippen molar-refractivity contribution in [3.05, 3.63) is 23.3 Å². The van der Waals surface area contributed by atoms with Crippen LogP contribution in [-0.4, -0.2) is 0 Å². The zero-order valence-corrected chi connectivity index (χ0v) is 13.9. The Kier molecular flexibility index (Phi) is 4.58. The van der Waals surface area contributed by atoms with E-state index in [1.807, 2.05) is 0 Å². The molecule has 0 heterocycles. The third kappa shape index (κ3) is 3.49. The summed E-state index contributed by atoms with van der Waals surface area (Å²) < 4.78 is 0. The number of rotatable bonds is 0. The second-order valence-electron chi connectivity index (χ2n) is 5.93. The van der Waals surface area contributed by atoms with E-state index in [4.69, 9.17) is 0 Å². The molecular weight excluding hydrogens is 335 g/mol. The van der Waals surface area contributed by atoms with Gasteiger partial charge in [0.25, 0.3) is 0 Å². The molecule has 0 nitrogen and oxygen atoms in total. The Balaban J connectivity index is 0.00000169. The Hall–Kier alpha value is 0.350. The van der Waals surface area contributed by atoms with E-state index < -0.39 is 0 Å². The van der Waals surface area contributed by atoms with Crippen molar-refractivity contribution in [2.75, 3.05) is 0 Å². The topological polar surface area (TPSA) is 0 Å². The summed E-state index contributed by atoms with van der Waals surface area (Å²) >= 11 is 0. The molecule has 0 spiro atoms. The van der Waals surface area contributed by atoms with Gasteiger partial charge in [-0.1, -0.05) is 48.0 Å². The van der Waals surface area contributed by atoms with E-state index in [-0.39, 0.29) is 36.7 Å². The van der Waals surface area contributed by atoms with Gasteiger partial charge in [-0.2, -0.15) is 5.57 Å². The molecule has 0 saturated heterocycles. The fraction of sp³-hybridized carbons (Fsp3) is 0.692. The Bertz CT molecular complexity index is 256. The first-order valence-electron chi connectivity index (χ1n) is 5.05. The average molecular weight is 356 g/mol. The van der Waals surface area contributed by atoms with Crippen LogP contribution in [0.25, 0.3) is 0 Å². The van der Waals surface area contributed by atoms with E-state index >= 15 is 0 Å². The zero-order chi connectivity index (χ0) is 10.3. The van der Waals surface area contributed by atoms with Crippen molar-refractivity contribution in [1.29, 1.82) is 0 Å². The van der Waals surface area contributed by atoms with Crippen molar-refractivity contribution in [2.24, 2.45) is 10.8 Å². The standard InChI is InChI=1S/C13H21.Hf/c1-12(2,3)10-7-8-11(9-10)13(4,5)6;/h7H,8H2,1-6H3;/q-1;. The van der Waals surface area contributed by atoms with Crippen LogP contribution in [0.2, 0.25) is 0 Å². The number of hydrogen-bond donors (Lipinski definition) is 0. The van der Waals surface area contributed by atoms with Crippen molar-refractivity contribution in [3.63, 3.8) is 0 Å². The molecule has 0 bridgehead atoms. The summed E-state index contributed by atoms with van der Waals surface area (Å²) in [4.78, 5) is 0. The van der Waals surface area contributed by atoms with Crippen molar-refractivity contribution < 1.29 is 25.8 Å². The van der Waals surface area contributed by atoms with Gasteiger partial charge >= 0.3 is 0 Å². The molecule has 0 amide bonds. The summed E-state index contributed by atoms with van der Waals surface area (Å²) in [5, 5.41) is 0. The van der Waals surface area contributed by atoms with E-state index in [1.165, 1.54) is 11.1 Å². The molecule has 1 heteroatoms. The van der Waals surface area contributed by atoms with Crippen LogP contribution >= 0.6 is 0 Å². The fourth-order valence-electron chi connectivity index (χ4n) is 1.46. The normalized spacial score (nSPS) is 17.3. The predicted molar refractivity (Wildman–Crippen MR) is 58.4 cm³/mol. The average Bonchev–Trinajstić information content (AvgIpc) is 2.28. The van der Waals surface area contributed by atoms with Crippen molar-refractivity contribution >= 4 is 0 Å². The van der Waals surface area contributed by atoms with Gasteiger partial charge in [-0.25, -0.2) is 17.7 Å². The Morgan fingerprint density at radius 1 is 1.00 bits per heavy atom. The monoisotopic (exact) mass is 357 g/mol. The van der Waals surface area contributed by atoms with E-state index in [0.29, 0.717) is 0 Å². The van der Waals surface area contributed by atoms with Gasteiger partial charge in [0.05, 0.1) is 0 Å².